The molecule has 382 valence electrons. The van der Waals surface area contributed by atoms with E-state index in [0.717, 1.165) is 33.4 Å². The quantitative estimate of drug-likeness (QED) is 0.0236. The van der Waals surface area contributed by atoms with E-state index in [1.165, 1.54) is 0 Å². The fraction of sp³-hybridized carbons (Fsp3) is 0.444. The number of nitrogens with one attached hydrogen (secondary N) is 4. The summed E-state index contributed by atoms with van der Waals surface area (Å²) in [7, 11) is 0. The summed E-state index contributed by atoms with van der Waals surface area (Å²) in [6, 6.07) is -1.27. The van der Waals surface area contributed by atoms with E-state index in [9.17, 15) is 38.4 Å². The Kier molecular flexibility index (Phi) is 27.7. The Morgan fingerprint density at radius 1 is 0.549 bits per heavy atom. The molecule has 0 saturated heterocycles. The van der Waals surface area contributed by atoms with Gasteiger partial charge in [-0.15, -0.1) is 0 Å². The molecule has 4 amide bonds. The zero-order valence-electron chi connectivity index (χ0n) is 42.3. The number of allylic oxidation sites excluding steroid dienone is 20. The van der Waals surface area contributed by atoms with Crippen LogP contribution in [0.1, 0.15) is 108 Å². The Balaban J connectivity index is 0.0000252. The summed E-state index contributed by atoms with van der Waals surface area (Å²) < 4.78 is 10.9. The topological polar surface area (TPSA) is 244 Å². The van der Waals surface area contributed by atoms with E-state index in [-0.39, 0.29) is 92.7 Å². The molecule has 2 aliphatic rings. The third-order valence-corrected chi connectivity index (χ3v) is 11.3. The first-order chi connectivity index (χ1) is 32.8. The Hall–Kier alpha value is -6.10. The molecule has 16 nitrogen and oxygen atoms in total. The summed E-state index contributed by atoms with van der Waals surface area (Å²) in [4.78, 5) is 96.3. The van der Waals surface area contributed by atoms with Crippen LogP contribution in [0, 0.1) is 10.8 Å². The molecule has 0 aromatic carbocycles. The number of ether oxygens (including phenoxy) is 2. The van der Waals surface area contributed by atoms with Crippen LogP contribution < -0.4 is 21.3 Å². The zero-order valence-corrected chi connectivity index (χ0v) is 42.3. The van der Waals surface area contributed by atoms with Crippen molar-refractivity contribution in [2.45, 2.75) is 120 Å². The molecule has 0 aromatic heterocycles. The number of rotatable bonds is 24. The average molecular weight is 993 g/mol. The predicted molar refractivity (Wildman–Crippen MR) is 276 cm³/mol. The number of ketones is 2. The SMILES string of the molecule is CC1=C(/C=C/C(C)=C/C=C/C(C)=C/C=C/C=C(C)/C=C/C=C(C)/C=C/C2=C(C)C(=O)C(OC(=O)CNC(=O)NCCCC(=O)O)CC2(C)C)C(C)(C)CC(OC(=O)CNC(=O)NCCCC(=O)O)C1=O.[NaH]. The number of amides is 4. The maximum absolute atomic E-state index is 13.2. The van der Waals surface area contributed by atoms with Crippen molar-refractivity contribution >= 4 is 77.1 Å². The van der Waals surface area contributed by atoms with Gasteiger partial charge in [0.1, 0.15) is 13.1 Å². The molecule has 0 heterocycles. The predicted octanol–water partition coefficient (Wildman–Crippen LogP) is 7.69. The molecule has 0 aliphatic heterocycles. The van der Waals surface area contributed by atoms with Gasteiger partial charge < -0.3 is 41.0 Å². The first-order valence-corrected chi connectivity index (χ1v) is 23.3. The van der Waals surface area contributed by atoms with Crippen molar-refractivity contribution in [2.24, 2.45) is 10.8 Å². The van der Waals surface area contributed by atoms with E-state index < -0.39 is 72.1 Å². The van der Waals surface area contributed by atoms with Crippen LogP contribution in [0.2, 0.25) is 0 Å². The molecule has 0 radical (unpaired) electrons. The van der Waals surface area contributed by atoms with Crippen LogP contribution >= 0.6 is 0 Å². The number of esters is 2. The first kappa shape index (κ1) is 62.9. The van der Waals surface area contributed by atoms with Crippen molar-refractivity contribution in [3.8, 4) is 0 Å². The van der Waals surface area contributed by atoms with Crippen LogP contribution in [0.3, 0.4) is 0 Å². The van der Waals surface area contributed by atoms with Gasteiger partial charge in [-0.1, -0.05) is 135 Å². The summed E-state index contributed by atoms with van der Waals surface area (Å²) >= 11 is 0. The molecule has 0 aromatic rings. The van der Waals surface area contributed by atoms with Gasteiger partial charge in [-0.2, -0.15) is 0 Å². The monoisotopic (exact) mass is 993 g/mol. The van der Waals surface area contributed by atoms with Gasteiger partial charge in [0, 0.05) is 38.8 Å². The maximum atomic E-state index is 13.2. The zero-order chi connectivity index (χ0) is 52.6. The van der Waals surface area contributed by atoms with Gasteiger partial charge >= 0.3 is 65.5 Å². The van der Waals surface area contributed by atoms with E-state index >= 15 is 0 Å². The van der Waals surface area contributed by atoms with E-state index in [4.69, 9.17) is 19.7 Å². The summed E-state index contributed by atoms with van der Waals surface area (Å²) in [6.45, 7) is 18.7. The van der Waals surface area contributed by atoms with Gasteiger partial charge in [0.05, 0.1) is 0 Å². The second-order valence-electron chi connectivity index (χ2n) is 18.6. The van der Waals surface area contributed by atoms with E-state index in [2.05, 4.69) is 21.3 Å². The fourth-order valence-electron chi connectivity index (χ4n) is 7.47. The van der Waals surface area contributed by atoms with E-state index in [1.807, 2.05) is 140 Å². The van der Waals surface area contributed by atoms with E-state index in [0.29, 0.717) is 11.1 Å². The number of hydrogen-bond acceptors (Lipinski definition) is 10. The number of carboxylic acid groups (broad SMARTS) is 2. The first-order valence-electron chi connectivity index (χ1n) is 23.3. The molecule has 2 aliphatic carbocycles. The summed E-state index contributed by atoms with van der Waals surface area (Å²) in [5.41, 5.74) is 5.74. The van der Waals surface area contributed by atoms with Crippen LogP contribution in [0.4, 0.5) is 9.59 Å². The molecule has 2 rings (SSSR count). The van der Waals surface area contributed by atoms with Gasteiger partial charge in [0.25, 0.3) is 0 Å². The molecule has 0 fully saturated rings. The molecule has 0 spiro atoms. The minimum atomic E-state index is -0.980. The summed E-state index contributed by atoms with van der Waals surface area (Å²) in [5, 5.41) is 27.0. The fourth-order valence-corrected chi connectivity index (χ4v) is 7.47. The normalized spacial score (nSPS) is 18.9. The number of urea groups is 2. The number of hydrogen-bond donors (Lipinski definition) is 6. The Morgan fingerprint density at radius 3 is 1.21 bits per heavy atom. The van der Waals surface area contributed by atoms with Gasteiger partial charge in [-0.25, -0.2) is 9.59 Å². The molecule has 2 unspecified atom stereocenters. The number of aliphatic carboxylic acids is 2. The number of carboxylic acids is 2. The molecule has 0 saturated carbocycles. The van der Waals surface area contributed by atoms with Crippen molar-refractivity contribution < 1.29 is 58.0 Å². The molecular weight excluding hydrogens is 920 g/mol. The van der Waals surface area contributed by atoms with Crippen molar-refractivity contribution in [3.05, 3.63) is 130 Å². The van der Waals surface area contributed by atoms with Crippen molar-refractivity contribution in [3.63, 3.8) is 0 Å². The van der Waals surface area contributed by atoms with Gasteiger partial charge in [-0.3, -0.25) is 28.8 Å². The van der Waals surface area contributed by atoms with E-state index in [1.54, 1.807) is 13.8 Å². The van der Waals surface area contributed by atoms with Crippen LogP contribution in [0.25, 0.3) is 0 Å². The van der Waals surface area contributed by atoms with Gasteiger partial charge in [0.2, 0.25) is 0 Å². The van der Waals surface area contributed by atoms with Crippen LogP contribution in [-0.2, 0) is 38.2 Å². The summed E-state index contributed by atoms with van der Waals surface area (Å²) in [6.07, 6.45) is 26.4. The molecule has 2 atom stereocenters. The number of carbonyl (C=O) groups excluding carboxylic acids is 6. The Bertz CT molecular complexity index is 2180. The Labute approximate surface area is 440 Å². The van der Waals surface area contributed by atoms with Crippen LogP contribution in [0.5, 0.6) is 0 Å². The molecule has 6 N–H and O–H groups in total. The molecular formula is C54H73N4NaO12. The summed E-state index contributed by atoms with van der Waals surface area (Å²) in [5.74, 6) is -4.02. The minimum absolute atomic E-state index is 0. The van der Waals surface area contributed by atoms with Gasteiger partial charge in [-0.05, 0) is 87.5 Å². The van der Waals surface area contributed by atoms with Crippen molar-refractivity contribution in [2.75, 3.05) is 26.2 Å². The molecule has 71 heavy (non-hydrogen) atoms. The van der Waals surface area contributed by atoms with Crippen molar-refractivity contribution in [1.82, 2.24) is 21.3 Å². The van der Waals surface area contributed by atoms with Crippen molar-refractivity contribution in [1.29, 1.82) is 0 Å². The van der Waals surface area contributed by atoms with Crippen LogP contribution in [-0.4, -0.2) is 126 Å². The third kappa shape index (κ3) is 24.0. The second kappa shape index (κ2) is 31.3. The average Bonchev–Trinajstić information content (AvgIpc) is 3.27. The van der Waals surface area contributed by atoms with Crippen LogP contribution in [0.15, 0.2) is 130 Å². The molecule has 17 heteroatoms. The third-order valence-electron chi connectivity index (χ3n) is 11.3. The standard InChI is InChI=1S/C54H72N4O12.Na.H/c1-35(19-13-21-37(3)25-27-41-39(5)49(65)43(31-53(41,7)8)69-47(63)33-57-51(67)55-29-15-23-45(59)60)17-11-12-18-36(2)20-14-22-38(4)26-28-42-40(6)50(66)44(32-54(42,9)10)70-48(64)34-58-52(68)56-30-16-24-46(61)62;;/h11-14,17-22,25-28,43-44H,15-16,23-24,29-34H2,1-10H3,(H,59,60)(H,61,62)(H2,55,57,67)(H2,56,58,68);;/b12-11+,19-13+,20-14+,27-25+,28-26+,35-17+,36-18+,37-21+,38-22+;;. The Morgan fingerprint density at radius 2 is 0.873 bits per heavy atom. The number of Topliss-reactive ketones (excluding diaryl/α,β-unsaturated/α-hetero) is 2. The molecule has 0 bridgehead atoms. The van der Waals surface area contributed by atoms with Gasteiger partial charge in [0.15, 0.2) is 23.8 Å². The number of carbonyl (C=O) groups is 8. The second-order valence-corrected chi connectivity index (χ2v) is 18.6.